The Morgan fingerprint density at radius 1 is 1.06 bits per heavy atom. The summed E-state index contributed by atoms with van der Waals surface area (Å²) < 4.78 is 28.1. The predicted molar refractivity (Wildman–Crippen MR) is 134 cm³/mol. The molecule has 1 heterocycles. The van der Waals surface area contributed by atoms with Crippen LogP contribution in [0, 0.1) is 26.7 Å². The van der Waals surface area contributed by atoms with Gasteiger partial charge in [-0.15, -0.1) is 0 Å². The third-order valence-electron chi connectivity index (χ3n) is 6.45. The smallest absolute Gasteiger partial charge is 0.253 e. The number of nitrogens with one attached hydrogen (secondary N) is 2. The summed E-state index contributed by atoms with van der Waals surface area (Å²) in [7, 11) is -3.63. The number of carbonyl (C=O) groups excluding carboxylic acids is 2. The molecule has 0 radical (unpaired) electrons. The molecule has 1 saturated heterocycles. The van der Waals surface area contributed by atoms with Crippen molar-refractivity contribution in [3.8, 4) is 0 Å². The zero-order chi connectivity index (χ0) is 25.0. The summed E-state index contributed by atoms with van der Waals surface area (Å²) >= 11 is 0. The summed E-state index contributed by atoms with van der Waals surface area (Å²) in [6, 6.07) is 10.7. The lowest BCUT2D eigenvalue weighted by atomic mass is 9.97. The van der Waals surface area contributed by atoms with Crippen LogP contribution < -0.4 is 10.6 Å². The van der Waals surface area contributed by atoms with Gasteiger partial charge in [0.2, 0.25) is 15.9 Å². The van der Waals surface area contributed by atoms with E-state index in [0.717, 1.165) is 23.1 Å². The fraction of sp³-hybridized carbons (Fsp3) is 0.462. The molecule has 0 aromatic heterocycles. The molecule has 0 bridgehead atoms. The third kappa shape index (κ3) is 5.67. The van der Waals surface area contributed by atoms with E-state index in [4.69, 9.17) is 0 Å². The first kappa shape index (κ1) is 25.9. The van der Waals surface area contributed by atoms with Crippen LogP contribution in [0.5, 0.6) is 0 Å². The van der Waals surface area contributed by atoms with Gasteiger partial charge in [0.25, 0.3) is 5.91 Å². The Kier molecular flexibility index (Phi) is 8.15. The lowest BCUT2D eigenvalue weighted by Crippen LogP contribution is -2.42. The Morgan fingerprint density at radius 2 is 1.65 bits per heavy atom. The van der Waals surface area contributed by atoms with Crippen LogP contribution >= 0.6 is 0 Å². The number of piperidine rings is 1. The van der Waals surface area contributed by atoms with Crippen molar-refractivity contribution in [3.05, 3.63) is 58.7 Å². The second-order valence-corrected chi connectivity index (χ2v) is 11.1. The van der Waals surface area contributed by atoms with Crippen LogP contribution in [0.4, 0.5) is 5.69 Å². The molecule has 0 aliphatic carbocycles. The van der Waals surface area contributed by atoms with E-state index in [1.807, 2.05) is 46.8 Å². The van der Waals surface area contributed by atoms with Gasteiger partial charge in [-0.25, -0.2) is 8.42 Å². The normalized spacial score (nSPS) is 16.1. The molecular weight excluding hydrogens is 450 g/mol. The van der Waals surface area contributed by atoms with Crippen molar-refractivity contribution in [2.24, 2.45) is 5.92 Å². The molecule has 3 rings (SSSR count). The van der Waals surface area contributed by atoms with Crippen LogP contribution in [-0.2, 0) is 14.8 Å². The van der Waals surface area contributed by atoms with E-state index >= 15 is 0 Å². The molecule has 2 amide bonds. The Balaban J connectivity index is 1.68. The number of anilines is 1. The van der Waals surface area contributed by atoms with E-state index in [1.54, 1.807) is 24.3 Å². The van der Waals surface area contributed by atoms with E-state index < -0.39 is 10.0 Å². The second-order valence-electron chi connectivity index (χ2n) is 9.22. The fourth-order valence-corrected chi connectivity index (χ4v) is 6.37. The highest BCUT2D eigenvalue weighted by atomic mass is 32.2. The summed E-state index contributed by atoms with van der Waals surface area (Å²) in [4.78, 5) is 26.0. The number of nitrogens with zero attached hydrogens (tertiary/aromatic N) is 1. The van der Waals surface area contributed by atoms with E-state index in [2.05, 4.69) is 10.6 Å². The topological polar surface area (TPSA) is 95.6 Å². The molecule has 7 nitrogen and oxygen atoms in total. The van der Waals surface area contributed by atoms with Gasteiger partial charge < -0.3 is 10.6 Å². The summed E-state index contributed by atoms with van der Waals surface area (Å²) in [5.74, 6) is -0.740. The Morgan fingerprint density at radius 3 is 2.24 bits per heavy atom. The molecule has 1 unspecified atom stereocenters. The Hall–Kier alpha value is -2.71. The largest absolute Gasteiger partial charge is 0.350 e. The van der Waals surface area contributed by atoms with Gasteiger partial charge in [0.05, 0.1) is 16.1 Å². The minimum absolute atomic E-state index is 0.0309. The monoisotopic (exact) mass is 485 g/mol. The quantitative estimate of drug-likeness (QED) is 0.615. The van der Waals surface area contributed by atoms with Crippen LogP contribution in [0.1, 0.15) is 60.2 Å². The van der Waals surface area contributed by atoms with Crippen molar-refractivity contribution < 1.29 is 18.0 Å². The number of aryl methyl sites for hydroxylation is 3. The molecule has 1 fully saturated rings. The van der Waals surface area contributed by atoms with Crippen LogP contribution in [-0.4, -0.2) is 43.7 Å². The van der Waals surface area contributed by atoms with Gasteiger partial charge in [-0.2, -0.15) is 4.31 Å². The molecule has 2 aromatic carbocycles. The number of amides is 2. The van der Waals surface area contributed by atoms with Gasteiger partial charge in [-0.3, -0.25) is 9.59 Å². The minimum Gasteiger partial charge on any atom is -0.350 e. The standard InChI is InChI=1S/C26H35N3O4S/c1-6-20(5)27-26(31)22-9-7-8-10-23(22)28-25(30)21-11-13-29(14-12-21)34(32,33)24-18(3)15-17(2)16-19(24)4/h7-10,15-16,20-21H,6,11-14H2,1-5H3,(H,27,31)(H,28,30). The van der Waals surface area contributed by atoms with Gasteiger partial charge in [-0.05, 0) is 70.2 Å². The number of carbonyl (C=O) groups is 2. The summed E-state index contributed by atoms with van der Waals surface area (Å²) in [5.41, 5.74) is 3.40. The first-order valence-corrected chi connectivity index (χ1v) is 13.3. The fourth-order valence-electron chi connectivity index (χ4n) is 4.49. The van der Waals surface area contributed by atoms with Crippen LogP contribution in [0.15, 0.2) is 41.3 Å². The van der Waals surface area contributed by atoms with Crippen molar-refractivity contribution >= 4 is 27.5 Å². The van der Waals surface area contributed by atoms with Crippen LogP contribution in [0.25, 0.3) is 0 Å². The van der Waals surface area contributed by atoms with Gasteiger partial charge in [0.1, 0.15) is 0 Å². The zero-order valence-electron chi connectivity index (χ0n) is 20.6. The Bertz CT molecular complexity index is 1150. The molecule has 2 N–H and O–H groups in total. The summed E-state index contributed by atoms with van der Waals surface area (Å²) in [5, 5.41) is 5.82. The lowest BCUT2D eigenvalue weighted by molar-refractivity contribution is -0.120. The van der Waals surface area contributed by atoms with E-state index in [-0.39, 0.29) is 36.9 Å². The van der Waals surface area contributed by atoms with Crippen molar-refractivity contribution in [1.82, 2.24) is 9.62 Å². The maximum atomic E-state index is 13.3. The van der Waals surface area contributed by atoms with Gasteiger partial charge >= 0.3 is 0 Å². The second kappa shape index (κ2) is 10.7. The highest BCUT2D eigenvalue weighted by Crippen LogP contribution is 2.29. The van der Waals surface area contributed by atoms with E-state index in [0.29, 0.717) is 29.0 Å². The molecule has 1 aliphatic heterocycles. The molecule has 8 heteroatoms. The molecule has 0 spiro atoms. The molecule has 1 aliphatic rings. The van der Waals surface area contributed by atoms with Crippen LogP contribution in [0.3, 0.4) is 0 Å². The first-order valence-electron chi connectivity index (χ1n) is 11.8. The van der Waals surface area contributed by atoms with E-state index in [1.165, 1.54) is 4.31 Å². The lowest BCUT2D eigenvalue weighted by Gasteiger charge is -2.31. The number of benzene rings is 2. The summed E-state index contributed by atoms with van der Waals surface area (Å²) in [6.07, 6.45) is 1.66. The average Bonchev–Trinajstić information content (AvgIpc) is 2.78. The first-order chi connectivity index (χ1) is 16.0. The summed E-state index contributed by atoms with van der Waals surface area (Å²) in [6.45, 7) is 10.1. The van der Waals surface area contributed by atoms with E-state index in [9.17, 15) is 18.0 Å². The molecule has 0 saturated carbocycles. The number of hydrogen-bond donors (Lipinski definition) is 2. The third-order valence-corrected chi connectivity index (χ3v) is 8.65. The maximum Gasteiger partial charge on any atom is 0.253 e. The van der Waals surface area contributed by atoms with Crippen molar-refractivity contribution in [2.75, 3.05) is 18.4 Å². The number of rotatable bonds is 7. The average molecular weight is 486 g/mol. The maximum absolute atomic E-state index is 13.3. The molecule has 1 atom stereocenters. The molecule has 2 aromatic rings. The van der Waals surface area contributed by atoms with Gasteiger partial charge in [-0.1, -0.05) is 36.8 Å². The number of sulfonamides is 1. The highest BCUT2D eigenvalue weighted by Gasteiger charge is 2.34. The minimum atomic E-state index is -3.63. The van der Waals surface area contributed by atoms with Crippen molar-refractivity contribution in [2.45, 2.75) is 64.8 Å². The highest BCUT2D eigenvalue weighted by molar-refractivity contribution is 7.89. The zero-order valence-corrected chi connectivity index (χ0v) is 21.5. The molecule has 184 valence electrons. The van der Waals surface area contributed by atoms with Crippen molar-refractivity contribution in [1.29, 1.82) is 0 Å². The number of hydrogen-bond acceptors (Lipinski definition) is 4. The molecular formula is C26H35N3O4S. The van der Waals surface area contributed by atoms with Gasteiger partial charge in [0.15, 0.2) is 0 Å². The van der Waals surface area contributed by atoms with Crippen molar-refractivity contribution in [3.63, 3.8) is 0 Å². The number of para-hydroxylation sites is 1. The Labute approximate surface area is 203 Å². The predicted octanol–water partition coefficient (Wildman–Crippen LogP) is 4.18. The molecule has 34 heavy (non-hydrogen) atoms. The van der Waals surface area contributed by atoms with Crippen LogP contribution in [0.2, 0.25) is 0 Å². The van der Waals surface area contributed by atoms with Gasteiger partial charge in [0, 0.05) is 25.0 Å². The SMILES string of the molecule is CCC(C)NC(=O)c1ccccc1NC(=O)C1CCN(S(=O)(=O)c2c(C)cc(C)cc2C)CC1.